The summed E-state index contributed by atoms with van der Waals surface area (Å²) in [6, 6.07) is 10.3. The van der Waals surface area contributed by atoms with E-state index >= 15 is 0 Å². The van der Waals surface area contributed by atoms with Gasteiger partial charge in [0.2, 0.25) is 5.95 Å². The molecule has 0 aliphatic rings. The second-order valence-electron chi connectivity index (χ2n) is 5.60. The highest BCUT2D eigenvalue weighted by Crippen LogP contribution is 2.21. The Bertz CT molecular complexity index is 610. The topological polar surface area (TPSA) is 41.1 Å². The first kappa shape index (κ1) is 16.3. The number of rotatable bonds is 7. The van der Waals surface area contributed by atoms with Crippen molar-refractivity contribution in [1.29, 1.82) is 0 Å². The average molecular weight is 298 g/mol. The summed E-state index contributed by atoms with van der Waals surface area (Å²) in [5.74, 6) is 1.64. The van der Waals surface area contributed by atoms with Crippen molar-refractivity contribution in [3.8, 4) is 0 Å². The van der Waals surface area contributed by atoms with E-state index in [4.69, 9.17) is 0 Å². The van der Waals surface area contributed by atoms with Crippen LogP contribution in [0.5, 0.6) is 0 Å². The first-order valence-electron chi connectivity index (χ1n) is 8.05. The maximum atomic E-state index is 4.66. The lowest BCUT2D eigenvalue weighted by atomic mass is 10.1. The number of hydrogen-bond acceptors (Lipinski definition) is 4. The molecule has 2 rings (SSSR count). The van der Waals surface area contributed by atoms with Gasteiger partial charge in [0.1, 0.15) is 5.82 Å². The van der Waals surface area contributed by atoms with Gasteiger partial charge in [-0.25, -0.2) is 4.98 Å². The van der Waals surface area contributed by atoms with Crippen LogP contribution in [-0.4, -0.2) is 23.6 Å². The molecule has 4 nitrogen and oxygen atoms in total. The minimum atomic E-state index is 0.666. The molecule has 0 fully saturated rings. The highest BCUT2D eigenvalue weighted by molar-refractivity contribution is 5.59. The molecule has 4 heteroatoms. The van der Waals surface area contributed by atoms with Crippen molar-refractivity contribution in [3.05, 3.63) is 41.6 Å². The number of aromatic nitrogens is 2. The van der Waals surface area contributed by atoms with Gasteiger partial charge < -0.3 is 10.2 Å². The molecule has 1 aromatic carbocycles. The van der Waals surface area contributed by atoms with E-state index < -0.39 is 0 Å². The Labute approximate surface area is 133 Å². The molecule has 1 aromatic heterocycles. The van der Waals surface area contributed by atoms with Crippen LogP contribution in [0.25, 0.3) is 0 Å². The van der Waals surface area contributed by atoms with E-state index in [-0.39, 0.29) is 0 Å². The van der Waals surface area contributed by atoms with Gasteiger partial charge in [-0.05, 0) is 31.4 Å². The van der Waals surface area contributed by atoms with Crippen LogP contribution in [0.1, 0.15) is 37.9 Å². The number of unbranched alkanes of at least 4 members (excludes halogenated alkanes) is 1. The van der Waals surface area contributed by atoms with Gasteiger partial charge in [-0.1, -0.05) is 38.5 Å². The van der Waals surface area contributed by atoms with Crippen LogP contribution in [0.15, 0.2) is 30.3 Å². The van der Waals surface area contributed by atoms with Crippen LogP contribution in [-0.2, 0) is 6.42 Å². The SMILES string of the molecule is CCCCN(C)c1cc(C)nc(Nc2ccccc2CC)n1. The summed E-state index contributed by atoms with van der Waals surface area (Å²) >= 11 is 0. The number of para-hydroxylation sites is 1. The van der Waals surface area contributed by atoms with Gasteiger partial charge in [0.05, 0.1) is 0 Å². The molecule has 0 unspecified atom stereocenters. The Morgan fingerprint density at radius 2 is 1.91 bits per heavy atom. The van der Waals surface area contributed by atoms with Crippen LogP contribution < -0.4 is 10.2 Å². The highest BCUT2D eigenvalue weighted by Gasteiger charge is 2.08. The van der Waals surface area contributed by atoms with E-state index in [1.165, 1.54) is 18.4 Å². The number of nitrogens with zero attached hydrogens (tertiary/aromatic N) is 3. The van der Waals surface area contributed by atoms with Crippen molar-refractivity contribution in [1.82, 2.24) is 9.97 Å². The van der Waals surface area contributed by atoms with Gasteiger partial charge in [-0.15, -0.1) is 0 Å². The fraction of sp³-hybridized carbons (Fsp3) is 0.444. The standard InChI is InChI=1S/C18H26N4/c1-5-7-12-22(4)17-13-14(3)19-18(21-17)20-16-11-9-8-10-15(16)6-2/h8-11,13H,5-7,12H2,1-4H3,(H,19,20,21). The van der Waals surface area contributed by atoms with Crippen LogP contribution in [0.2, 0.25) is 0 Å². The number of anilines is 3. The Morgan fingerprint density at radius 1 is 1.14 bits per heavy atom. The molecule has 0 spiro atoms. The third-order valence-corrected chi connectivity index (χ3v) is 3.72. The van der Waals surface area contributed by atoms with Crippen molar-refractivity contribution >= 4 is 17.5 Å². The molecule has 1 heterocycles. The largest absolute Gasteiger partial charge is 0.360 e. The van der Waals surface area contributed by atoms with Crippen molar-refractivity contribution in [2.24, 2.45) is 0 Å². The molecule has 1 N–H and O–H groups in total. The molecule has 0 radical (unpaired) electrons. The minimum absolute atomic E-state index is 0.666. The van der Waals surface area contributed by atoms with Crippen LogP contribution >= 0.6 is 0 Å². The minimum Gasteiger partial charge on any atom is -0.360 e. The van der Waals surface area contributed by atoms with E-state index in [1.807, 2.05) is 19.1 Å². The summed E-state index contributed by atoms with van der Waals surface area (Å²) < 4.78 is 0. The normalized spacial score (nSPS) is 10.5. The fourth-order valence-electron chi connectivity index (χ4n) is 2.38. The first-order chi connectivity index (χ1) is 10.6. The summed E-state index contributed by atoms with van der Waals surface area (Å²) in [5.41, 5.74) is 3.33. The molecule has 0 aliphatic carbocycles. The van der Waals surface area contributed by atoms with Crippen LogP contribution in [0.4, 0.5) is 17.5 Å². The third-order valence-electron chi connectivity index (χ3n) is 3.72. The van der Waals surface area contributed by atoms with E-state index in [1.54, 1.807) is 0 Å². The number of benzene rings is 1. The Hall–Kier alpha value is -2.10. The van der Waals surface area contributed by atoms with Crippen LogP contribution in [0.3, 0.4) is 0 Å². The lowest BCUT2D eigenvalue weighted by Crippen LogP contribution is -2.20. The number of nitrogens with one attached hydrogen (secondary N) is 1. The molecular formula is C18H26N4. The molecule has 0 saturated carbocycles. The molecule has 0 bridgehead atoms. The fourth-order valence-corrected chi connectivity index (χ4v) is 2.38. The molecule has 0 atom stereocenters. The molecule has 0 aliphatic heterocycles. The molecule has 118 valence electrons. The van der Waals surface area contributed by atoms with Crippen molar-refractivity contribution in [2.45, 2.75) is 40.0 Å². The van der Waals surface area contributed by atoms with E-state index in [0.29, 0.717) is 5.95 Å². The smallest absolute Gasteiger partial charge is 0.229 e. The van der Waals surface area contributed by atoms with Gasteiger partial charge in [0, 0.05) is 31.0 Å². The van der Waals surface area contributed by atoms with Gasteiger partial charge in [-0.2, -0.15) is 4.98 Å². The third kappa shape index (κ3) is 4.20. The molecule has 0 amide bonds. The van der Waals surface area contributed by atoms with E-state index in [0.717, 1.165) is 30.2 Å². The van der Waals surface area contributed by atoms with Gasteiger partial charge in [0.25, 0.3) is 0 Å². The van der Waals surface area contributed by atoms with Gasteiger partial charge in [0.15, 0.2) is 0 Å². The summed E-state index contributed by atoms with van der Waals surface area (Å²) in [4.78, 5) is 11.4. The zero-order chi connectivity index (χ0) is 15.9. The quantitative estimate of drug-likeness (QED) is 0.826. The predicted octanol–water partition coefficient (Wildman–Crippen LogP) is 4.33. The first-order valence-corrected chi connectivity index (χ1v) is 8.05. The van der Waals surface area contributed by atoms with Gasteiger partial charge >= 0.3 is 0 Å². The summed E-state index contributed by atoms with van der Waals surface area (Å²) in [6.45, 7) is 7.38. The molecule has 0 saturated heterocycles. The summed E-state index contributed by atoms with van der Waals surface area (Å²) in [6.07, 6.45) is 3.34. The monoisotopic (exact) mass is 298 g/mol. The van der Waals surface area contributed by atoms with E-state index in [9.17, 15) is 0 Å². The lowest BCUT2D eigenvalue weighted by molar-refractivity contribution is 0.758. The Kier molecular flexibility index (Phi) is 5.75. The predicted molar refractivity (Wildman–Crippen MR) is 94.0 cm³/mol. The van der Waals surface area contributed by atoms with E-state index in [2.05, 4.69) is 59.3 Å². The number of aryl methyl sites for hydroxylation is 2. The second-order valence-corrected chi connectivity index (χ2v) is 5.60. The number of hydrogen-bond donors (Lipinski definition) is 1. The average Bonchev–Trinajstić information content (AvgIpc) is 2.52. The molecular weight excluding hydrogens is 272 g/mol. The maximum absolute atomic E-state index is 4.66. The zero-order valence-corrected chi connectivity index (χ0v) is 14.1. The van der Waals surface area contributed by atoms with Crippen molar-refractivity contribution in [2.75, 3.05) is 23.8 Å². The second kappa shape index (κ2) is 7.78. The maximum Gasteiger partial charge on any atom is 0.229 e. The van der Waals surface area contributed by atoms with Gasteiger partial charge in [-0.3, -0.25) is 0 Å². The Balaban J connectivity index is 2.22. The zero-order valence-electron chi connectivity index (χ0n) is 14.1. The van der Waals surface area contributed by atoms with Crippen LogP contribution in [0, 0.1) is 6.92 Å². The highest BCUT2D eigenvalue weighted by atomic mass is 15.2. The van der Waals surface area contributed by atoms with Crippen molar-refractivity contribution < 1.29 is 0 Å². The molecule has 22 heavy (non-hydrogen) atoms. The summed E-state index contributed by atoms with van der Waals surface area (Å²) in [5, 5.41) is 3.37. The molecule has 2 aromatic rings. The Morgan fingerprint density at radius 3 is 2.64 bits per heavy atom. The summed E-state index contributed by atoms with van der Waals surface area (Å²) in [7, 11) is 2.08. The van der Waals surface area contributed by atoms with Crippen molar-refractivity contribution in [3.63, 3.8) is 0 Å². The lowest BCUT2D eigenvalue weighted by Gasteiger charge is -2.19.